The molecule has 0 unspecified atom stereocenters. The molecule has 0 radical (unpaired) electrons. The van der Waals surface area contributed by atoms with Crippen molar-refractivity contribution in [3.8, 4) is 0 Å². The monoisotopic (exact) mass is 304 g/mol. The molecule has 0 atom stereocenters. The quantitative estimate of drug-likeness (QED) is 0.855. The van der Waals surface area contributed by atoms with E-state index in [9.17, 15) is 8.42 Å². The summed E-state index contributed by atoms with van der Waals surface area (Å²) in [6.45, 7) is 7.52. The Kier molecular flexibility index (Phi) is 3.96. The second-order valence-electron chi connectivity index (χ2n) is 5.38. The summed E-state index contributed by atoms with van der Waals surface area (Å²) in [5.41, 5.74) is 10.6. The summed E-state index contributed by atoms with van der Waals surface area (Å²) in [4.78, 5) is 0.265. The number of hydrogen-bond donors (Lipinski definition) is 2. The Morgan fingerprint density at radius 2 is 1.43 bits per heavy atom. The van der Waals surface area contributed by atoms with E-state index in [0.717, 1.165) is 22.3 Å². The fourth-order valence-corrected chi connectivity index (χ4v) is 3.52. The lowest BCUT2D eigenvalue weighted by Crippen LogP contribution is -2.15. The second kappa shape index (κ2) is 5.41. The summed E-state index contributed by atoms with van der Waals surface area (Å²) in [6.07, 6.45) is 0. The third-order valence-electron chi connectivity index (χ3n) is 3.58. The van der Waals surface area contributed by atoms with E-state index < -0.39 is 10.0 Å². The predicted octanol–water partition coefficient (Wildman–Crippen LogP) is 3.30. The Balaban J connectivity index is 2.44. The van der Waals surface area contributed by atoms with Crippen molar-refractivity contribution in [1.29, 1.82) is 0 Å². The van der Waals surface area contributed by atoms with Gasteiger partial charge in [-0.1, -0.05) is 6.07 Å². The molecule has 0 spiro atoms. The summed E-state index contributed by atoms with van der Waals surface area (Å²) >= 11 is 0. The van der Waals surface area contributed by atoms with Gasteiger partial charge < -0.3 is 5.73 Å². The first-order valence-corrected chi connectivity index (χ1v) is 8.16. The van der Waals surface area contributed by atoms with Gasteiger partial charge in [0.2, 0.25) is 0 Å². The van der Waals surface area contributed by atoms with Gasteiger partial charge in [0.05, 0.1) is 10.6 Å². The molecule has 4 nitrogen and oxygen atoms in total. The molecular weight excluding hydrogens is 284 g/mol. The minimum Gasteiger partial charge on any atom is -0.399 e. The van der Waals surface area contributed by atoms with E-state index in [-0.39, 0.29) is 4.90 Å². The Morgan fingerprint density at radius 3 is 1.95 bits per heavy atom. The molecule has 2 rings (SSSR count). The highest BCUT2D eigenvalue weighted by molar-refractivity contribution is 7.92. The van der Waals surface area contributed by atoms with E-state index in [4.69, 9.17) is 5.73 Å². The summed E-state index contributed by atoms with van der Waals surface area (Å²) in [7, 11) is -3.60. The van der Waals surface area contributed by atoms with Crippen LogP contribution in [0.3, 0.4) is 0 Å². The van der Waals surface area contributed by atoms with E-state index in [0.29, 0.717) is 11.4 Å². The van der Waals surface area contributed by atoms with Crippen LogP contribution in [0.1, 0.15) is 22.3 Å². The lowest BCUT2D eigenvalue weighted by atomic mass is 10.1. The van der Waals surface area contributed by atoms with Crippen LogP contribution < -0.4 is 10.5 Å². The van der Waals surface area contributed by atoms with Crippen LogP contribution in [-0.2, 0) is 10.0 Å². The molecular formula is C16H20N2O2S. The average molecular weight is 304 g/mol. The van der Waals surface area contributed by atoms with Crippen LogP contribution in [0.2, 0.25) is 0 Å². The topological polar surface area (TPSA) is 72.2 Å². The molecule has 0 aliphatic heterocycles. The Labute approximate surface area is 126 Å². The van der Waals surface area contributed by atoms with Crippen LogP contribution in [0.5, 0.6) is 0 Å². The Morgan fingerprint density at radius 1 is 0.857 bits per heavy atom. The number of anilines is 2. The first-order chi connectivity index (χ1) is 9.70. The number of hydrogen-bond acceptors (Lipinski definition) is 3. The SMILES string of the molecule is Cc1ccc(S(=O)(=O)Nc2c(C)cc(N)cc2C)cc1C. The molecule has 0 aliphatic carbocycles. The largest absolute Gasteiger partial charge is 0.399 e. The molecule has 0 amide bonds. The summed E-state index contributed by atoms with van der Waals surface area (Å²) in [6, 6.07) is 8.62. The Bertz CT molecular complexity index is 773. The van der Waals surface area contributed by atoms with Crippen molar-refractivity contribution >= 4 is 21.4 Å². The summed E-state index contributed by atoms with van der Waals surface area (Å²) in [5, 5.41) is 0. The maximum absolute atomic E-state index is 12.5. The number of aryl methyl sites for hydroxylation is 4. The van der Waals surface area contributed by atoms with Crippen molar-refractivity contribution in [2.75, 3.05) is 10.5 Å². The fraction of sp³-hybridized carbons (Fsp3) is 0.250. The van der Waals surface area contributed by atoms with Gasteiger partial charge in [-0.15, -0.1) is 0 Å². The van der Waals surface area contributed by atoms with Gasteiger partial charge in [0.15, 0.2) is 0 Å². The molecule has 0 heterocycles. The van der Waals surface area contributed by atoms with Gasteiger partial charge in [0.25, 0.3) is 10.0 Å². The van der Waals surface area contributed by atoms with Gasteiger partial charge >= 0.3 is 0 Å². The van der Waals surface area contributed by atoms with Crippen molar-refractivity contribution in [1.82, 2.24) is 0 Å². The fourth-order valence-electron chi connectivity index (χ4n) is 2.23. The molecule has 5 heteroatoms. The molecule has 21 heavy (non-hydrogen) atoms. The number of nitrogens with one attached hydrogen (secondary N) is 1. The van der Waals surface area contributed by atoms with Gasteiger partial charge in [-0.3, -0.25) is 4.72 Å². The zero-order valence-electron chi connectivity index (χ0n) is 12.7. The molecule has 2 aromatic rings. The smallest absolute Gasteiger partial charge is 0.261 e. The molecule has 112 valence electrons. The highest BCUT2D eigenvalue weighted by Crippen LogP contribution is 2.26. The minimum atomic E-state index is -3.60. The number of sulfonamides is 1. The first-order valence-electron chi connectivity index (χ1n) is 6.67. The standard InChI is InChI=1S/C16H20N2O2S/c1-10-5-6-15(9-11(10)2)21(19,20)18-16-12(3)7-14(17)8-13(16)4/h5-9,18H,17H2,1-4H3. The molecule has 3 N–H and O–H groups in total. The Hall–Kier alpha value is -2.01. The van der Waals surface area contributed by atoms with E-state index in [1.807, 2.05) is 33.8 Å². The van der Waals surface area contributed by atoms with Gasteiger partial charge in [-0.25, -0.2) is 8.42 Å². The molecule has 2 aromatic carbocycles. The summed E-state index contributed by atoms with van der Waals surface area (Å²) < 4.78 is 27.7. The molecule has 0 aromatic heterocycles. The van der Waals surface area contributed by atoms with Gasteiger partial charge in [0, 0.05) is 5.69 Å². The molecule has 0 fully saturated rings. The summed E-state index contributed by atoms with van der Waals surface area (Å²) in [5.74, 6) is 0. The van der Waals surface area contributed by atoms with Crippen LogP contribution in [0.15, 0.2) is 35.2 Å². The van der Waals surface area contributed by atoms with Crippen molar-refractivity contribution in [3.05, 3.63) is 52.6 Å². The maximum Gasteiger partial charge on any atom is 0.261 e. The van der Waals surface area contributed by atoms with E-state index in [1.54, 1.807) is 24.3 Å². The molecule has 0 bridgehead atoms. The average Bonchev–Trinajstić information content (AvgIpc) is 2.37. The van der Waals surface area contributed by atoms with E-state index >= 15 is 0 Å². The minimum absolute atomic E-state index is 0.265. The highest BCUT2D eigenvalue weighted by Gasteiger charge is 2.17. The predicted molar refractivity (Wildman–Crippen MR) is 87.1 cm³/mol. The van der Waals surface area contributed by atoms with Crippen molar-refractivity contribution in [2.24, 2.45) is 0 Å². The third kappa shape index (κ3) is 3.19. The van der Waals surface area contributed by atoms with Crippen molar-refractivity contribution in [2.45, 2.75) is 32.6 Å². The van der Waals surface area contributed by atoms with E-state index in [2.05, 4.69) is 4.72 Å². The highest BCUT2D eigenvalue weighted by atomic mass is 32.2. The molecule has 0 saturated heterocycles. The van der Waals surface area contributed by atoms with Crippen molar-refractivity contribution in [3.63, 3.8) is 0 Å². The van der Waals surface area contributed by atoms with Gasteiger partial charge in [0.1, 0.15) is 0 Å². The molecule has 0 aliphatic rings. The number of nitrogens with two attached hydrogens (primary N) is 1. The number of nitrogen functional groups attached to an aromatic ring is 1. The van der Waals surface area contributed by atoms with Crippen LogP contribution >= 0.6 is 0 Å². The lowest BCUT2D eigenvalue weighted by molar-refractivity contribution is 0.601. The first kappa shape index (κ1) is 15.4. The zero-order chi connectivity index (χ0) is 15.8. The molecule has 0 saturated carbocycles. The maximum atomic E-state index is 12.5. The van der Waals surface area contributed by atoms with Gasteiger partial charge in [-0.05, 0) is 74.2 Å². The second-order valence-corrected chi connectivity index (χ2v) is 7.06. The third-order valence-corrected chi connectivity index (χ3v) is 4.93. The van der Waals surface area contributed by atoms with Crippen LogP contribution in [0.4, 0.5) is 11.4 Å². The zero-order valence-corrected chi connectivity index (χ0v) is 13.5. The number of benzene rings is 2. The van der Waals surface area contributed by atoms with Crippen LogP contribution in [0.25, 0.3) is 0 Å². The lowest BCUT2D eigenvalue weighted by Gasteiger charge is -2.14. The number of rotatable bonds is 3. The van der Waals surface area contributed by atoms with Crippen molar-refractivity contribution < 1.29 is 8.42 Å². The van der Waals surface area contributed by atoms with Gasteiger partial charge in [-0.2, -0.15) is 0 Å². The van der Waals surface area contributed by atoms with Crippen LogP contribution in [0, 0.1) is 27.7 Å². The normalized spacial score (nSPS) is 11.4. The van der Waals surface area contributed by atoms with Crippen LogP contribution in [-0.4, -0.2) is 8.42 Å². The van der Waals surface area contributed by atoms with E-state index in [1.165, 1.54) is 0 Å².